The van der Waals surface area contributed by atoms with Gasteiger partial charge < -0.3 is 5.11 Å². The van der Waals surface area contributed by atoms with Gasteiger partial charge in [0.05, 0.1) is 10.2 Å². The summed E-state index contributed by atoms with van der Waals surface area (Å²) in [5.41, 5.74) is 2.25. The lowest BCUT2D eigenvalue weighted by Gasteiger charge is -2.04. The van der Waals surface area contributed by atoms with Crippen LogP contribution in [-0.2, 0) is 11.2 Å². The van der Waals surface area contributed by atoms with Gasteiger partial charge in [0.1, 0.15) is 12.2 Å². The largest absolute Gasteiger partial charge is 0.481 e. The molecule has 2 aromatic heterocycles. The predicted octanol–water partition coefficient (Wildman–Crippen LogP) is 2.69. The normalized spacial score (nSPS) is 11.7. The maximum Gasteiger partial charge on any atom is 0.311 e. The quantitative estimate of drug-likeness (QED) is 0.798. The molecule has 5 nitrogen and oxygen atoms in total. The van der Waals surface area contributed by atoms with E-state index in [0.717, 1.165) is 15.2 Å². The van der Waals surface area contributed by atoms with Gasteiger partial charge >= 0.3 is 5.97 Å². The summed E-state index contributed by atoms with van der Waals surface area (Å²) in [5.74, 6) is 0.0499. The van der Waals surface area contributed by atoms with Gasteiger partial charge in [-0.05, 0) is 23.6 Å². The second-order valence-electron chi connectivity index (χ2n) is 4.79. The summed E-state index contributed by atoms with van der Waals surface area (Å²) < 4.78 is 2.95. The summed E-state index contributed by atoms with van der Waals surface area (Å²) in [6.07, 6.45) is -0.112. The summed E-state index contributed by atoms with van der Waals surface area (Å²) >= 11 is 1.54. The Hall–Kier alpha value is -1.95. The molecule has 19 heavy (non-hydrogen) atoms. The van der Waals surface area contributed by atoms with Crippen LogP contribution in [0.15, 0.2) is 18.2 Å². The molecule has 0 spiro atoms. The molecule has 0 saturated carbocycles. The highest BCUT2D eigenvalue weighted by Gasteiger charge is 2.15. The highest BCUT2D eigenvalue weighted by Crippen LogP contribution is 2.29. The van der Waals surface area contributed by atoms with Gasteiger partial charge in [-0.2, -0.15) is 0 Å². The molecular formula is C13H13N3O2S. The first-order valence-corrected chi connectivity index (χ1v) is 6.86. The summed E-state index contributed by atoms with van der Waals surface area (Å²) in [4.78, 5) is 11.6. The van der Waals surface area contributed by atoms with Crippen molar-refractivity contribution in [1.29, 1.82) is 0 Å². The zero-order chi connectivity index (χ0) is 13.6. The van der Waals surface area contributed by atoms with E-state index in [1.165, 1.54) is 16.9 Å². The van der Waals surface area contributed by atoms with Gasteiger partial charge in [-0.15, -0.1) is 10.2 Å². The van der Waals surface area contributed by atoms with E-state index in [9.17, 15) is 4.79 Å². The average molecular weight is 275 g/mol. The van der Waals surface area contributed by atoms with E-state index in [1.54, 1.807) is 0 Å². The zero-order valence-corrected chi connectivity index (χ0v) is 11.4. The van der Waals surface area contributed by atoms with Crippen LogP contribution in [-0.4, -0.2) is 25.7 Å². The molecule has 0 aliphatic heterocycles. The maximum atomic E-state index is 10.8. The smallest absolute Gasteiger partial charge is 0.311 e. The predicted molar refractivity (Wildman–Crippen MR) is 73.8 cm³/mol. The fourth-order valence-electron chi connectivity index (χ4n) is 2.11. The third-order valence-corrected chi connectivity index (χ3v) is 4.10. The molecule has 0 fully saturated rings. The molecule has 0 aliphatic rings. The Morgan fingerprint density at radius 1 is 1.42 bits per heavy atom. The van der Waals surface area contributed by atoms with E-state index < -0.39 is 5.97 Å². The molecule has 0 atom stereocenters. The molecule has 0 bridgehead atoms. The van der Waals surface area contributed by atoms with Gasteiger partial charge in [0.25, 0.3) is 0 Å². The van der Waals surface area contributed by atoms with E-state index in [-0.39, 0.29) is 6.42 Å². The minimum absolute atomic E-state index is 0.112. The van der Waals surface area contributed by atoms with Crippen molar-refractivity contribution in [2.75, 3.05) is 0 Å². The standard InChI is InChI=1S/C13H13N3O2S/c1-7(2)8-3-4-9-10(5-8)19-13-15-14-11(16(9)13)6-12(17)18/h3-5,7H,6H2,1-2H3,(H,17,18). The lowest BCUT2D eigenvalue weighted by Crippen LogP contribution is -2.04. The number of thiazole rings is 1. The molecule has 0 unspecified atom stereocenters. The molecule has 1 N–H and O–H groups in total. The van der Waals surface area contributed by atoms with Crippen LogP contribution in [0, 0.1) is 0 Å². The third kappa shape index (κ3) is 1.98. The number of nitrogens with zero attached hydrogens (tertiary/aromatic N) is 3. The second kappa shape index (κ2) is 4.31. The van der Waals surface area contributed by atoms with E-state index in [0.29, 0.717) is 11.7 Å². The Balaban J connectivity index is 2.23. The summed E-state index contributed by atoms with van der Waals surface area (Å²) in [5, 5.41) is 16.9. The molecule has 2 heterocycles. The van der Waals surface area contributed by atoms with E-state index in [2.05, 4.69) is 36.2 Å². The number of aromatic nitrogens is 3. The number of aliphatic carboxylic acids is 1. The van der Waals surface area contributed by atoms with Crippen LogP contribution >= 0.6 is 11.3 Å². The van der Waals surface area contributed by atoms with Crippen LogP contribution in [0.2, 0.25) is 0 Å². The summed E-state index contributed by atoms with van der Waals surface area (Å²) in [6, 6.07) is 6.23. The van der Waals surface area contributed by atoms with Gasteiger partial charge in [-0.1, -0.05) is 31.3 Å². The maximum absolute atomic E-state index is 10.8. The number of carboxylic acids is 1. The van der Waals surface area contributed by atoms with Crippen LogP contribution in [0.1, 0.15) is 31.2 Å². The molecule has 0 aliphatic carbocycles. The zero-order valence-electron chi connectivity index (χ0n) is 10.6. The van der Waals surface area contributed by atoms with Crippen LogP contribution in [0.3, 0.4) is 0 Å². The van der Waals surface area contributed by atoms with E-state index in [1.807, 2.05) is 10.5 Å². The van der Waals surface area contributed by atoms with Crippen molar-refractivity contribution in [3.8, 4) is 0 Å². The lowest BCUT2D eigenvalue weighted by atomic mass is 10.0. The van der Waals surface area contributed by atoms with Crippen molar-refractivity contribution < 1.29 is 9.90 Å². The number of carboxylic acid groups (broad SMARTS) is 1. The van der Waals surface area contributed by atoms with Gasteiger partial charge in [-0.25, -0.2) is 0 Å². The van der Waals surface area contributed by atoms with Crippen LogP contribution in [0.4, 0.5) is 0 Å². The molecule has 0 saturated heterocycles. The molecule has 3 aromatic rings. The van der Waals surface area contributed by atoms with Crippen molar-refractivity contribution in [2.45, 2.75) is 26.2 Å². The molecule has 6 heteroatoms. The van der Waals surface area contributed by atoms with Crippen molar-refractivity contribution in [3.05, 3.63) is 29.6 Å². The Morgan fingerprint density at radius 3 is 2.89 bits per heavy atom. The van der Waals surface area contributed by atoms with E-state index in [4.69, 9.17) is 5.11 Å². The number of hydrogen-bond donors (Lipinski definition) is 1. The Morgan fingerprint density at radius 2 is 2.21 bits per heavy atom. The number of hydrogen-bond acceptors (Lipinski definition) is 4. The SMILES string of the molecule is CC(C)c1ccc2c(c1)sc1nnc(CC(=O)O)n12. The topological polar surface area (TPSA) is 67.5 Å². The van der Waals surface area contributed by atoms with Gasteiger partial charge in [0.15, 0.2) is 0 Å². The van der Waals surface area contributed by atoms with Gasteiger partial charge in [0.2, 0.25) is 4.96 Å². The number of fused-ring (bicyclic) bond motifs is 3. The van der Waals surface area contributed by atoms with Crippen molar-refractivity contribution >= 4 is 32.5 Å². The monoisotopic (exact) mass is 275 g/mol. The minimum atomic E-state index is -0.896. The molecule has 1 aromatic carbocycles. The number of rotatable bonds is 3. The summed E-state index contributed by atoms with van der Waals surface area (Å²) in [7, 11) is 0. The van der Waals surface area contributed by atoms with E-state index >= 15 is 0 Å². The first-order valence-electron chi connectivity index (χ1n) is 6.04. The van der Waals surface area contributed by atoms with Crippen molar-refractivity contribution in [3.63, 3.8) is 0 Å². The van der Waals surface area contributed by atoms with Crippen LogP contribution < -0.4 is 0 Å². The first kappa shape index (κ1) is 12.1. The van der Waals surface area contributed by atoms with Crippen molar-refractivity contribution in [1.82, 2.24) is 14.6 Å². The Labute approximate surface area is 113 Å². The molecule has 0 amide bonds. The number of carbonyl (C=O) groups is 1. The molecule has 0 radical (unpaired) electrons. The average Bonchev–Trinajstić information content (AvgIpc) is 2.87. The molecular weight excluding hydrogens is 262 g/mol. The molecule has 98 valence electrons. The number of benzene rings is 1. The Kier molecular flexibility index (Phi) is 2.74. The fraction of sp³-hybridized carbons (Fsp3) is 0.308. The Bertz CT molecular complexity index is 773. The fourth-order valence-corrected chi connectivity index (χ4v) is 3.15. The first-order chi connectivity index (χ1) is 9.06. The van der Waals surface area contributed by atoms with Crippen LogP contribution in [0.5, 0.6) is 0 Å². The third-order valence-electron chi connectivity index (χ3n) is 3.10. The second-order valence-corrected chi connectivity index (χ2v) is 5.80. The van der Waals surface area contributed by atoms with Crippen molar-refractivity contribution in [2.24, 2.45) is 0 Å². The highest BCUT2D eigenvalue weighted by atomic mass is 32.1. The highest BCUT2D eigenvalue weighted by molar-refractivity contribution is 7.23. The minimum Gasteiger partial charge on any atom is -0.481 e. The lowest BCUT2D eigenvalue weighted by molar-refractivity contribution is -0.136. The van der Waals surface area contributed by atoms with Crippen LogP contribution in [0.25, 0.3) is 15.2 Å². The van der Waals surface area contributed by atoms with Gasteiger partial charge in [-0.3, -0.25) is 9.20 Å². The molecule has 3 rings (SSSR count). The summed E-state index contributed by atoms with van der Waals surface area (Å²) in [6.45, 7) is 4.30. The van der Waals surface area contributed by atoms with Gasteiger partial charge in [0, 0.05) is 0 Å².